The van der Waals surface area contributed by atoms with Gasteiger partial charge in [-0.15, -0.1) is 11.3 Å². The second-order valence-corrected chi connectivity index (χ2v) is 6.18. The third-order valence-electron chi connectivity index (χ3n) is 3.18. The normalized spacial score (nSPS) is 12.8. The highest BCUT2D eigenvalue weighted by Crippen LogP contribution is 2.29. The molecular formula is C15H16N2OS. The van der Waals surface area contributed by atoms with Crippen LogP contribution in [0.3, 0.4) is 0 Å². The number of hydrogen-bond acceptors (Lipinski definition) is 4. The molecule has 2 aromatic heterocycles. The minimum Gasteiger partial charge on any atom is -0.424 e. The summed E-state index contributed by atoms with van der Waals surface area (Å²) in [5, 5.41) is 3.33. The van der Waals surface area contributed by atoms with Gasteiger partial charge in [-0.05, 0) is 44.5 Å². The van der Waals surface area contributed by atoms with Crippen molar-refractivity contribution in [1.82, 2.24) is 4.98 Å². The minimum atomic E-state index is 0.193. The average molecular weight is 272 g/mol. The van der Waals surface area contributed by atoms with Gasteiger partial charge in [0.05, 0.1) is 6.04 Å². The summed E-state index contributed by atoms with van der Waals surface area (Å²) < 4.78 is 5.69. The van der Waals surface area contributed by atoms with Crippen molar-refractivity contribution in [3.05, 3.63) is 45.6 Å². The van der Waals surface area contributed by atoms with Gasteiger partial charge in [0.15, 0.2) is 5.58 Å². The fourth-order valence-electron chi connectivity index (χ4n) is 2.28. The summed E-state index contributed by atoms with van der Waals surface area (Å²) >= 11 is 1.82. The standard InChI is InChI=1S/C15H16N2OS/c1-9-8-12(11(3)19-9)10(2)16-15-17-13-6-4-5-7-14(13)18-15/h4-8,10H,1-3H3,(H,16,17)/t10-/m0/s1. The van der Waals surface area contributed by atoms with Crippen molar-refractivity contribution in [2.75, 3.05) is 5.32 Å². The molecule has 1 atom stereocenters. The molecule has 0 amide bonds. The zero-order chi connectivity index (χ0) is 13.4. The van der Waals surface area contributed by atoms with Crippen LogP contribution < -0.4 is 5.32 Å². The smallest absolute Gasteiger partial charge is 0.296 e. The molecule has 0 aliphatic carbocycles. The van der Waals surface area contributed by atoms with E-state index in [9.17, 15) is 0 Å². The Hall–Kier alpha value is -1.81. The molecule has 0 radical (unpaired) electrons. The van der Waals surface area contributed by atoms with Crippen molar-refractivity contribution in [2.24, 2.45) is 0 Å². The van der Waals surface area contributed by atoms with E-state index in [0.29, 0.717) is 6.01 Å². The Balaban J connectivity index is 1.86. The van der Waals surface area contributed by atoms with Crippen molar-refractivity contribution in [3.8, 4) is 0 Å². The minimum absolute atomic E-state index is 0.193. The van der Waals surface area contributed by atoms with E-state index in [1.54, 1.807) is 0 Å². The first-order valence-electron chi connectivity index (χ1n) is 6.32. The molecule has 0 saturated heterocycles. The van der Waals surface area contributed by atoms with Crippen LogP contribution in [0, 0.1) is 13.8 Å². The summed E-state index contributed by atoms with van der Waals surface area (Å²) in [6.07, 6.45) is 0. The molecule has 0 fully saturated rings. The number of aromatic nitrogens is 1. The van der Waals surface area contributed by atoms with Crippen LogP contribution in [0.4, 0.5) is 6.01 Å². The van der Waals surface area contributed by atoms with E-state index in [4.69, 9.17) is 4.42 Å². The molecule has 0 unspecified atom stereocenters. The number of hydrogen-bond donors (Lipinski definition) is 1. The first kappa shape index (κ1) is 12.2. The van der Waals surface area contributed by atoms with E-state index in [0.717, 1.165) is 11.1 Å². The molecular weight excluding hydrogens is 256 g/mol. The third kappa shape index (κ3) is 2.36. The fraction of sp³-hybridized carbons (Fsp3) is 0.267. The number of para-hydroxylation sites is 2. The van der Waals surface area contributed by atoms with Gasteiger partial charge in [-0.2, -0.15) is 4.98 Å². The fourth-order valence-corrected chi connectivity index (χ4v) is 3.30. The van der Waals surface area contributed by atoms with E-state index in [-0.39, 0.29) is 6.04 Å². The molecule has 1 N–H and O–H groups in total. The molecule has 3 nitrogen and oxygen atoms in total. The Morgan fingerprint density at radius 2 is 2.05 bits per heavy atom. The van der Waals surface area contributed by atoms with E-state index in [2.05, 4.69) is 37.1 Å². The predicted molar refractivity (Wildman–Crippen MR) is 79.8 cm³/mol. The van der Waals surface area contributed by atoms with E-state index >= 15 is 0 Å². The maximum atomic E-state index is 5.69. The van der Waals surface area contributed by atoms with E-state index < -0.39 is 0 Å². The summed E-state index contributed by atoms with van der Waals surface area (Å²) in [6, 6.07) is 10.8. The lowest BCUT2D eigenvalue weighted by Gasteiger charge is -2.11. The number of aryl methyl sites for hydroxylation is 2. The molecule has 4 heteroatoms. The lowest BCUT2D eigenvalue weighted by molar-refractivity contribution is 0.604. The Labute approximate surface area is 116 Å². The number of thiophene rings is 1. The highest BCUT2D eigenvalue weighted by atomic mass is 32.1. The summed E-state index contributed by atoms with van der Waals surface area (Å²) in [5.74, 6) is 0. The van der Waals surface area contributed by atoms with Crippen molar-refractivity contribution in [1.29, 1.82) is 0 Å². The molecule has 0 aliphatic rings. The number of fused-ring (bicyclic) bond motifs is 1. The molecule has 3 rings (SSSR count). The largest absolute Gasteiger partial charge is 0.424 e. The lowest BCUT2D eigenvalue weighted by atomic mass is 10.1. The van der Waals surface area contributed by atoms with Gasteiger partial charge in [0.1, 0.15) is 5.52 Å². The topological polar surface area (TPSA) is 38.1 Å². The number of nitrogens with one attached hydrogen (secondary N) is 1. The molecule has 0 aliphatic heterocycles. The SMILES string of the molecule is Cc1cc([C@H](C)Nc2nc3ccccc3o2)c(C)s1. The highest BCUT2D eigenvalue weighted by molar-refractivity contribution is 7.12. The molecule has 0 spiro atoms. The number of benzene rings is 1. The monoisotopic (exact) mass is 272 g/mol. The lowest BCUT2D eigenvalue weighted by Crippen LogP contribution is -2.06. The van der Waals surface area contributed by atoms with Crippen molar-refractivity contribution in [3.63, 3.8) is 0 Å². The van der Waals surface area contributed by atoms with E-state index in [1.165, 1.54) is 15.3 Å². The molecule has 2 heterocycles. The first-order chi connectivity index (χ1) is 9.13. The molecule has 1 aromatic carbocycles. The number of rotatable bonds is 3. The van der Waals surface area contributed by atoms with Crippen LogP contribution in [0.15, 0.2) is 34.7 Å². The van der Waals surface area contributed by atoms with Gasteiger partial charge in [-0.25, -0.2) is 0 Å². The zero-order valence-corrected chi connectivity index (χ0v) is 12.0. The van der Waals surface area contributed by atoms with Crippen LogP contribution in [0.1, 0.15) is 28.3 Å². The Bertz CT molecular complexity index is 681. The van der Waals surface area contributed by atoms with Crippen LogP contribution in [0.2, 0.25) is 0 Å². The van der Waals surface area contributed by atoms with Gasteiger partial charge in [0.25, 0.3) is 6.01 Å². The van der Waals surface area contributed by atoms with Crippen LogP contribution in [0.5, 0.6) is 0 Å². The van der Waals surface area contributed by atoms with Gasteiger partial charge in [0, 0.05) is 9.75 Å². The summed E-state index contributed by atoms with van der Waals surface area (Å²) in [4.78, 5) is 7.11. The van der Waals surface area contributed by atoms with Gasteiger partial charge in [-0.1, -0.05) is 12.1 Å². The quantitative estimate of drug-likeness (QED) is 0.752. The molecule has 98 valence electrons. The van der Waals surface area contributed by atoms with Crippen molar-refractivity contribution >= 4 is 28.5 Å². The third-order valence-corrected chi connectivity index (χ3v) is 4.16. The van der Waals surface area contributed by atoms with E-state index in [1.807, 2.05) is 35.6 Å². The maximum Gasteiger partial charge on any atom is 0.296 e. The van der Waals surface area contributed by atoms with Crippen molar-refractivity contribution in [2.45, 2.75) is 26.8 Å². The second-order valence-electron chi connectivity index (χ2n) is 4.72. The van der Waals surface area contributed by atoms with Crippen LogP contribution in [-0.4, -0.2) is 4.98 Å². The number of nitrogens with zero attached hydrogens (tertiary/aromatic N) is 1. The van der Waals surface area contributed by atoms with Gasteiger partial charge >= 0.3 is 0 Å². The molecule has 0 bridgehead atoms. The van der Waals surface area contributed by atoms with Gasteiger partial charge in [0.2, 0.25) is 0 Å². The Morgan fingerprint density at radius 3 is 2.74 bits per heavy atom. The van der Waals surface area contributed by atoms with Crippen LogP contribution >= 0.6 is 11.3 Å². The Kier molecular flexibility index (Phi) is 3.03. The van der Waals surface area contributed by atoms with Gasteiger partial charge < -0.3 is 9.73 Å². The number of anilines is 1. The maximum absolute atomic E-state index is 5.69. The second kappa shape index (κ2) is 4.70. The predicted octanol–water partition coefficient (Wildman–Crippen LogP) is 4.68. The zero-order valence-electron chi connectivity index (χ0n) is 11.2. The molecule has 0 saturated carbocycles. The van der Waals surface area contributed by atoms with Gasteiger partial charge in [-0.3, -0.25) is 0 Å². The average Bonchev–Trinajstić information content (AvgIpc) is 2.91. The highest BCUT2D eigenvalue weighted by Gasteiger charge is 2.13. The number of oxazole rings is 1. The summed E-state index contributed by atoms with van der Waals surface area (Å²) in [5.41, 5.74) is 3.01. The van der Waals surface area contributed by atoms with Crippen molar-refractivity contribution < 1.29 is 4.42 Å². The molecule has 19 heavy (non-hydrogen) atoms. The summed E-state index contributed by atoms with van der Waals surface area (Å²) in [7, 11) is 0. The Morgan fingerprint density at radius 1 is 1.26 bits per heavy atom. The first-order valence-corrected chi connectivity index (χ1v) is 7.14. The molecule has 3 aromatic rings. The van der Waals surface area contributed by atoms with Crippen LogP contribution in [-0.2, 0) is 0 Å². The summed E-state index contributed by atoms with van der Waals surface area (Å²) in [6.45, 7) is 6.41. The van der Waals surface area contributed by atoms with Crippen LogP contribution in [0.25, 0.3) is 11.1 Å².